The van der Waals surface area contributed by atoms with Crippen LogP contribution in [0, 0.1) is 11.8 Å². The molecule has 4 amide bonds. The fourth-order valence-corrected chi connectivity index (χ4v) is 10.00. The number of urea groups is 1. The summed E-state index contributed by atoms with van der Waals surface area (Å²) >= 11 is 1.88. The van der Waals surface area contributed by atoms with Gasteiger partial charge in [-0.25, -0.2) is 9.59 Å². The number of aromatic carboxylic acids is 1. The number of aliphatic hydroxyl groups excluding tert-OH is 1. The smallest absolute Gasteiger partial charge is 0.337 e. The highest BCUT2D eigenvalue weighted by Crippen LogP contribution is 2.35. The number of unbranched alkanes of at least 4 members (excludes halogenated alkanes) is 2. The quantitative estimate of drug-likeness (QED) is 0.00803. The number of fused-ring (bicyclic) bond motifs is 1. The number of aryl methyl sites for hydroxylation is 3. The number of nitrogens with zero attached hydrogens (tertiary/aromatic N) is 5. The van der Waals surface area contributed by atoms with Crippen LogP contribution >= 0.6 is 11.8 Å². The lowest BCUT2D eigenvalue weighted by molar-refractivity contribution is -0.122. The van der Waals surface area contributed by atoms with Crippen molar-refractivity contribution in [3.05, 3.63) is 89.2 Å². The van der Waals surface area contributed by atoms with E-state index >= 15 is 0 Å². The van der Waals surface area contributed by atoms with E-state index in [2.05, 4.69) is 59.0 Å². The van der Waals surface area contributed by atoms with Gasteiger partial charge in [0.1, 0.15) is 30.0 Å². The van der Waals surface area contributed by atoms with Crippen LogP contribution in [0.4, 0.5) is 21.9 Å². The second-order valence-corrected chi connectivity index (χ2v) is 19.6. The third-order valence-corrected chi connectivity index (χ3v) is 13.9. The molecule has 0 bridgehead atoms. The van der Waals surface area contributed by atoms with Crippen molar-refractivity contribution in [2.75, 3.05) is 70.4 Å². The molecule has 4 unspecified atom stereocenters. The van der Waals surface area contributed by atoms with Crippen molar-refractivity contribution < 1.29 is 53.4 Å². The van der Waals surface area contributed by atoms with Gasteiger partial charge in [0.15, 0.2) is 5.75 Å². The number of carbonyl (C=O) groups excluding carboxylic acids is 3. The van der Waals surface area contributed by atoms with Crippen LogP contribution in [0.5, 0.6) is 11.5 Å². The van der Waals surface area contributed by atoms with Gasteiger partial charge < -0.3 is 60.9 Å². The van der Waals surface area contributed by atoms with Gasteiger partial charge in [-0.05, 0) is 119 Å². The molecule has 3 heterocycles. The van der Waals surface area contributed by atoms with Crippen LogP contribution in [0.2, 0.25) is 0 Å². The van der Waals surface area contributed by atoms with Gasteiger partial charge in [0.05, 0.1) is 63.0 Å². The molecule has 0 saturated carbocycles. The molecule has 1 aromatic heterocycles. The summed E-state index contributed by atoms with van der Waals surface area (Å²) in [6.07, 6.45) is 9.35. The number of aromatic hydroxyl groups is 1. The summed E-state index contributed by atoms with van der Waals surface area (Å²) in [5.74, 6) is 5.75. The van der Waals surface area contributed by atoms with Gasteiger partial charge in [0, 0.05) is 67.0 Å². The van der Waals surface area contributed by atoms with Gasteiger partial charge in [0.25, 0.3) is 0 Å². The zero-order valence-electron chi connectivity index (χ0n) is 43.2. The fraction of sp³-hybridized carbons (Fsp3) is 0.519. The number of benzene rings is 3. The van der Waals surface area contributed by atoms with E-state index in [1.165, 1.54) is 18.2 Å². The first-order valence-corrected chi connectivity index (χ1v) is 27.1. The van der Waals surface area contributed by atoms with Gasteiger partial charge in [-0.2, -0.15) is 11.8 Å². The number of aliphatic hydroxyl groups is 1. The Kier molecular flexibility index (Phi) is 25.1. The van der Waals surface area contributed by atoms with E-state index in [1.54, 1.807) is 29.8 Å². The number of rotatable bonds is 36. The number of thioether (sulfide) groups is 1. The number of amides is 4. The van der Waals surface area contributed by atoms with Crippen molar-refractivity contribution in [2.45, 2.75) is 114 Å². The Balaban J connectivity index is 0.769. The SMILES string of the molecule is CC#Cc1ccc(NC(O)CCCCn2cc(CCCC(=O)NCCCc3ccc(N=Nc4ccc(O)cc4OCCOCCOCCOCCNC(=O)CCCCC4SCC5NC(=O)NC54)c(C(=O)O)c3)nn2)cc1. The Labute approximate surface area is 448 Å². The maximum atomic E-state index is 12.6. The molecule has 2 aliphatic heterocycles. The highest BCUT2D eigenvalue weighted by atomic mass is 32.2. The summed E-state index contributed by atoms with van der Waals surface area (Å²) in [5.41, 5.74) is 3.75. The molecule has 4 aromatic rings. The first-order chi connectivity index (χ1) is 37.0. The number of ether oxygens (including phenoxy) is 4. The fourth-order valence-electron chi connectivity index (χ4n) is 8.45. The van der Waals surface area contributed by atoms with Crippen molar-refractivity contribution >= 4 is 52.6 Å². The van der Waals surface area contributed by atoms with Gasteiger partial charge >= 0.3 is 12.0 Å². The molecular formula is C54H72N10O11S. The van der Waals surface area contributed by atoms with E-state index in [-0.39, 0.29) is 71.6 Å². The normalized spacial score (nSPS) is 16.1. The number of hydrogen-bond donors (Lipinski definition) is 8. The van der Waals surface area contributed by atoms with Crippen molar-refractivity contribution in [1.29, 1.82) is 0 Å². The highest BCUT2D eigenvalue weighted by molar-refractivity contribution is 8.00. The Morgan fingerprint density at radius 1 is 0.829 bits per heavy atom. The number of carboxylic acids is 1. The van der Waals surface area contributed by atoms with Crippen LogP contribution in [-0.2, 0) is 43.2 Å². The van der Waals surface area contributed by atoms with Crippen LogP contribution in [0.15, 0.2) is 77.1 Å². The number of phenolic OH excluding ortho intramolecular Hbond substituents is 1. The van der Waals surface area contributed by atoms with Crippen molar-refractivity contribution in [3.8, 4) is 23.3 Å². The van der Waals surface area contributed by atoms with Crippen molar-refractivity contribution in [1.82, 2.24) is 36.3 Å². The molecule has 76 heavy (non-hydrogen) atoms. The van der Waals surface area contributed by atoms with Crippen LogP contribution in [0.3, 0.4) is 0 Å². The van der Waals surface area contributed by atoms with E-state index in [9.17, 15) is 34.5 Å². The maximum Gasteiger partial charge on any atom is 0.337 e. The van der Waals surface area contributed by atoms with Gasteiger partial charge in [0.2, 0.25) is 11.8 Å². The molecule has 0 radical (unpaired) electrons. The Morgan fingerprint density at radius 2 is 1.55 bits per heavy atom. The van der Waals surface area contributed by atoms with E-state index in [1.807, 2.05) is 42.2 Å². The summed E-state index contributed by atoms with van der Waals surface area (Å²) in [4.78, 5) is 48.5. The van der Waals surface area contributed by atoms with Crippen LogP contribution in [0.1, 0.15) is 98.3 Å². The van der Waals surface area contributed by atoms with Crippen molar-refractivity contribution in [3.63, 3.8) is 0 Å². The molecule has 3 aromatic carbocycles. The number of phenols is 1. The highest BCUT2D eigenvalue weighted by Gasteiger charge is 2.42. The lowest BCUT2D eigenvalue weighted by Crippen LogP contribution is -2.36. The van der Waals surface area contributed by atoms with Gasteiger partial charge in [-0.1, -0.05) is 23.6 Å². The predicted molar refractivity (Wildman–Crippen MR) is 287 cm³/mol. The Hall–Kier alpha value is -6.77. The first-order valence-electron chi connectivity index (χ1n) is 26.1. The minimum atomic E-state index is -1.17. The summed E-state index contributed by atoms with van der Waals surface area (Å²) in [6, 6.07) is 17.2. The number of carboxylic acid groups (broad SMARTS) is 1. The molecule has 410 valence electrons. The van der Waals surface area contributed by atoms with Crippen molar-refractivity contribution in [2.24, 2.45) is 10.2 Å². The van der Waals surface area contributed by atoms with Crippen LogP contribution in [-0.4, -0.2) is 143 Å². The number of carbonyl (C=O) groups is 4. The Morgan fingerprint density at radius 3 is 2.33 bits per heavy atom. The molecule has 22 heteroatoms. The molecule has 6 rings (SSSR count). The molecule has 2 fully saturated rings. The van der Waals surface area contributed by atoms with Gasteiger partial charge in [-0.3, -0.25) is 14.3 Å². The topological polar surface area (TPSA) is 281 Å². The monoisotopic (exact) mass is 1070 g/mol. The molecule has 4 atom stereocenters. The third kappa shape index (κ3) is 21.1. The second-order valence-electron chi connectivity index (χ2n) is 18.3. The average molecular weight is 1070 g/mol. The third-order valence-electron chi connectivity index (χ3n) is 12.4. The average Bonchev–Trinajstić information content (AvgIpc) is 4.13. The lowest BCUT2D eigenvalue weighted by Gasteiger charge is -2.16. The Bertz CT molecular complexity index is 2550. The molecular weight excluding hydrogens is 997 g/mol. The molecule has 21 nitrogen and oxygen atoms in total. The van der Waals surface area contributed by atoms with E-state index < -0.39 is 12.2 Å². The second kappa shape index (κ2) is 32.6. The number of hydrogen-bond acceptors (Lipinski definition) is 16. The number of nitrogens with one attached hydrogen (secondary N) is 5. The number of azo groups is 1. The number of aromatic nitrogens is 3. The molecule has 2 aliphatic rings. The van der Waals surface area contributed by atoms with E-state index in [4.69, 9.17) is 18.9 Å². The van der Waals surface area contributed by atoms with Crippen LogP contribution in [0.25, 0.3) is 0 Å². The summed E-state index contributed by atoms with van der Waals surface area (Å²) in [6.45, 7) is 5.47. The molecule has 0 spiro atoms. The standard InChI is InChI=1S/C54H72N10O11S/c1-2-9-38-16-19-40(20-17-38)57-51(68)14-5-6-26-64-36-41(60-63-64)11-7-15-50(67)55-24-8-10-39-18-22-44(43(34-39)53(69)70)61-62-45-23-21-42(65)35-47(45)75-33-32-74-31-30-73-29-28-72-27-25-56-49(66)13-4-3-12-48-52-46(37-76-48)58-54(71)59-52/h16-23,34-36,46,48,51-52,57,65,68H,3-8,10-15,24-33,37H2,1H3,(H,55,67)(H,56,66)(H,69,70)(H2,58,59,71). The minimum Gasteiger partial charge on any atom is -0.508 e. The van der Waals surface area contributed by atoms with E-state index in [0.29, 0.717) is 103 Å². The first kappa shape index (κ1) is 58.5. The largest absolute Gasteiger partial charge is 0.508 e. The zero-order valence-corrected chi connectivity index (χ0v) is 44.0. The summed E-state index contributed by atoms with van der Waals surface area (Å²) < 4.78 is 24.3. The predicted octanol–water partition coefficient (Wildman–Crippen LogP) is 6.41. The summed E-state index contributed by atoms with van der Waals surface area (Å²) in [7, 11) is 0. The molecule has 8 N–H and O–H groups in total. The van der Waals surface area contributed by atoms with Gasteiger partial charge in [-0.15, -0.1) is 21.2 Å². The maximum absolute atomic E-state index is 12.6. The number of anilines is 1. The van der Waals surface area contributed by atoms with Crippen LogP contribution < -0.4 is 31.3 Å². The van der Waals surface area contributed by atoms with E-state index in [0.717, 1.165) is 60.4 Å². The molecule has 2 saturated heterocycles. The molecule has 0 aliphatic carbocycles. The minimum absolute atomic E-state index is 0.000408. The zero-order chi connectivity index (χ0) is 53.7. The lowest BCUT2D eigenvalue weighted by atomic mass is 10.0. The summed E-state index contributed by atoms with van der Waals surface area (Å²) in [5, 5.41) is 62.6.